The molecule has 0 aliphatic carbocycles. The first-order chi connectivity index (χ1) is 15.1. The molecule has 172 valence electrons. The highest BCUT2D eigenvalue weighted by Gasteiger charge is 2.46. The number of methoxy groups -OCH3 is 2. The number of rotatable bonds is 10. The molecule has 0 unspecified atom stereocenters. The Morgan fingerprint density at radius 2 is 1.78 bits per heavy atom. The van der Waals surface area contributed by atoms with Gasteiger partial charge in [0.15, 0.2) is 5.41 Å². The summed E-state index contributed by atoms with van der Waals surface area (Å²) in [6.07, 6.45) is 0. The number of nitrogens with one attached hydrogen (secondary N) is 1. The van der Waals surface area contributed by atoms with Gasteiger partial charge in [0.25, 0.3) is 5.09 Å². The van der Waals surface area contributed by atoms with Crippen molar-refractivity contribution in [3.8, 4) is 5.75 Å². The van der Waals surface area contributed by atoms with E-state index in [1.54, 1.807) is 31.4 Å². The second-order valence-electron chi connectivity index (χ2n) is 7.11. The fraction of sp³-hybridized carbons (Fsp3) is 0.381. The largest absolute Gasteiger partial charge is 0.497 e. The number of likely N-dealkylation sites (N-methyl/N-ethyl adjacent to an activating group) is 1. The number of hydrogen-bond acceptors (Lipinski definition) is 8. The van der Waals surface area contributed by atoms with E-state index in [9.17, 15) is 24.5 Å². The van der Waals surface area contributed by atoms with Crippen LogP contribution in [0.15, 0.2) is 36.4 Å². The van der Waals surface area contributed by atoms with Gasteiger partial charge in [-0.1, -0.05) is 18.2 Å². The van der Waals surface area contributed by atoms with Gasteiger partial charge in [0, 0.05) is 13.6 Å². The van der Waals surface area contributed by atoms with E-state index in [-0.39, 0.29) is 19.7 Å². The topological polar surface area (TPSA) is 137 Å². The number of fused-ring (bicyclic) bond motifs is 1. The maximum Gasteiger partial charge on any atom is 0.325 e. The molecular formula is C21H25N3O8. The van der Waals surface area contributed by atoms with E-state index in [0.717, 1.165) is 15.7 Å². The van der Waals surface area contributed by atoms with Gasteiger partial charge in [-0.25, -0.2) is 0 Å². The van der Waals surface area contributed by atoms with Crippen LogP contribution in [-0.4, -0.2) is 68.7 Å². The Hall–Kier alpha value is -3.89. The number of hydrogen-bond donors (Lipinski definition) is 1. The molecule has 11 heteroatoms. The van der Waals surface area contributed by atoms with E-state index in [1.165, 1.54) is 21.1 Å². The number of carbonyl (C=O) groups is 3. The van der Waals surface area contributed by atoms with Crippen LogP contribution in [0.5, 0.6) is 5.75 Å². The molecule has 0 aliphatic heterocycles. The van der Waals surface area contributed by atoms with Gasteiger partial charge in [0.2, 0.25) is 11.8 Å². The number of esters is 1. The average Bonchev–Trinajstić information content (AvgIpc) is 2.79. The SMILES string of the molecule is COC(=O)[C@](C)(C(=O)N(C)CC(=O)NCCO[N+](=O)[O-])c1ccc2cc(OC)ccc2c1. The van der Waals surface area contributed by atoms with Gasteiger partial charge in [0.05, 0.1) is 20.8 Å². The first-order valence-corrected chi connectivity index (χ1v) is 9.59. The van der Waals surface area contributed by atoms with Crippen LogP contribution < -0.4 is 10.1 Å². The zero-order chi connectivity index (χ0) is 23.9. The highest BCUT2D eigenvalue weighted by atomic mass is 16.9. The van der Waals surface area contributed by atoms with Crippen molar-refractivity contribution in [1.82, 2.24) is 10.2 Å². The molecule has 1 atom stereocenters. The molecule has 0 spiro atoms. The van der Waals surface area contributed by atoms with Crippen LogP contribution in [0.3, 0.4) is 0 Å². The lowest BCUT2D eigenvalue weighted by molar-refractivity contribution is -0.757. The Balaban J connectivity index is 2.24. The van der Waals surface area contributed by atoms with E-state index in [2.05, 4.69) is 10.2 Å². The second kappa shape index (κ2) is 10.4. The van der Waals surface area contributed by atoms with Gasteiger partial charge in [-0.15, -0.1) is 10.1 Å². The fourth-order valence-corrected chi connectivity index (χ4v) is 3.23. The number of ether oxygens (including phenoxy) is 2. The van der Waals surface area contributed by atoms with Crippen molar-refractivity contribution in [1.29, 1.82) is 0 Å². The van der Waals surface area contributed by atoms with Crippen molar-refractivity contribution in [2.75, 3.05) is 41.0 Å². The monoisotopic (exact) mass is 447 g/mol. The zero-order valence-electron chi connectivity index (χ0n) is 18.2. The van der Waals surface area contributed by atoms with E-state index < -0.39 is 28.3 Å². The van der Waals surface area contributed by atoms with Gasteiger partial charge >= 0.3 is 5.97 Å². The van der Waals surface area contributed by atoms with Gasteiger partial charge < -0.3 is 24.5 Å². The lowest BCUT2D eigenvalue weighted by Crippen LogP contribution is -2.51. The van der Waals surface area contributed by atoms with Crippen LogP contribution in [0.2, 0.25) is 0 Å². The fourth-order valence-electron chi connectivity index (χ4n) is 3.23. The Kier molecular flexibility index (Phi) is 7.94. The third kappa shape index (κ3) is 5.42. The average molecular weight is 447 g/mol. The standard InChI is InChI=1S/C21H25N3O8/c1-21(20(27)31-4,16-7-5-15-12-17(30-3)8-6-14(15)11-16)19(26)23(2)13-18(25)22-9-10-32-24(28)29/h5-8,11-12H,9-10,13H2,1-4H3,(H,22,25)/t21-/m0/s1. The summed E-state index contributed by atoms with van der Waals surface area (Å²) < 4.78 is 10.1. The van der Waals surface area contributed by atoms with Crippen LogP contribution in [-0.2, 0) is 29.4 Å². The predicted octanol–water partition coefficient (Wildman–Crippen LogP) is 1.06. The Labute approximate surface area is 184 Å². The quantitative estimate of drug-likeness (QED) is 0.188. The third-order valence-electron chi connectivity index (χ3n) is 4.99. The number of nitrogens with zero attached hydrogens (tertiary/aromatic N) is 2. The molecule has 0 heterocycles. The highest BCUT2D eigenvalue weighted by molar-refractivity contribution is 6.09. The van der Waals surface area contributed by atoms with Crippen LogP contribution in [0.25, 0.3) is 10.8 Å². The molecule has 0 bridgehead atoms. The summed E-state index contributed by atoms with van der Waals surface area (Å²) in [5.41, 5.74) is -1.30. The molecule has 0 saturated carbocycles. The second-order valence-corrected chi connectivity index (χ2v) is 7.11. The first kappa shape index (κ1) is 24.4. The van der Waals surface area contributed by atoms with Gasteiger partial charge in [-0.05, 0) is 41.5 Å². The van der Waals surface area contributed by atoms with Crippen LogP contribution in [0, 0.1) is 10.1 Å². The summed E-state index contributed by atoms with van der Waals surface area (Å²) >= 11 is 0. The molecule has 2 rings (SSSR count). The molecule has 0 radical (unpaired) electrons. The number of carbonyl (C=O) groups excluding carboxylic acids is 3. The molecule has 2 aromatic carbocycles. The van der Waals surface area contributed by atoms with Crippen LogP contribution in [0.4, 0.5) is 0 Å². The molecular weight excluding hydrogens is 422 g/mol. The van der Waals surface area contributed by atoms with Crippen LogP contribution in [0.1, 0.15) is 12.5 Å². The summed E-state index contributed by atoms with van der Waals surface area (Å²) in [6, 6.07) is 10.5. The molecule has 0 fully saturated rings. The maximum atomic E-state index is 13.3. The van der Waals surface area contributed by atoms with Crippen LogP contribution >= 0.6 is 0 Å². The van der Waals surface area contributed by atoms with Gasteiger partial charge in [-0.2, -0.15) is 0 Å². The number of benzene rings is 2. The van der Waals surface area contributed by atoms with E-state index in [0.29, 0.717) is 11.3 Å². The Morgan fingerprint density at radius 3 is 2.41 bits per heavy atom. The van der Waals surface area contributed by atoms with Crippen molar-refractivity contribution < 1.29 is 33.8 Å². The summed E-state index contributed by atoms with van der Waals surface area (Å²) in [5, 5.41) is 13.2. The highest BCUT2D eigenvalue weighted by Crippen LogP contribution is 2.31. The molecule has 2 amide bonds. The van der Waals surface area contributed by atoms with Crippen molar-refractivity contribution in [3.63, 3.8) is 0 Å². The minimum atomic E-state index is -1.70. The van der Waals surface area contributed by atoms with Crippen molar-refractivity contribution in [2.45, 2.75) is 12.3 Å². The molecule has 0 saturated heterocycles. The van der Waals surface area contributed by atoms with E-state index in [1.807, 2.05) is 12.1 Å². The number of amides is 2. The Bertz CT molecular complexity index is 1030. The normalized spacial score (nSPS) is 12.4. The molecule has 0 aliphatic rings. The lowest BCUT2D eigenvalue weighted by atomic mass is 9.80. The first-order valence-electron chi connectivity index (χ1n) is 9.59. The maximum absolute atomic E-state index is 13.3. The van der Waals surface area contributed by atoms with Gasteiger partial charge in [-0.3, -0.25) is 14.4 Å². The zero-order valence-corrected chi connectivity index (χ0v) is 18.2. The predicted molar refractivity (Wildman–Crippen MR) is 113 cm³/mol. The smallest absolute Gasteiger partial charge is 0.325 e. The summed E-state index contributed by atoms with van der Waals surface area (Å²) in [6.45, 7) is 0.641. The molecule has 2 aromatic rings. The minimum absolute atomic E-state index is 0.107. The molecule has 1 N–H and O–H groups in total. The Morgan fingerprint density at radius 1 is 1.12 bits per heavy atom. The molecule has 11 nitrogen and oxygen atoms in total. The van der Waals surface area contributed by atoms with E-state index >= 15 is 0 Å². The molecule has 0 aromatic heterocycles. The molecule has 32 heavy (non-hydrogen) atoms. The summed E-state index contributed by atoms with van der Waals surface area (Å²) in [5.74, 6) is -1.31. The van der Waals surface area contributed by atoms with E-state index in [4.69, 9.17) is 9.47 Å². The van der Waals surface area contributed by atoms with Gasteiger partial charge in [0.1, 0.15) is 12.4 Å². The van der Waals surface area contributed by atoms with Crippen molar-refractivity contribution in [2.24, 2.45) is 0 Å². The van der Waals surface area contributed by atoms with Crippen molar-refractivity contribution >= 4 is 28.6 Å². The lowest BCUT2D eigenvalue weighted by Gasteiger charge is -2.30. The van der Waals surface area contributed by atoms with Crippen molar-refractivity contribution in [3.05, 3.63) is 52.1 Å². The summed E-state index contributed by atoms with van der Waals surface area (Å²) in [7, 11) is 4.12. The summed E-state index contributed by atoms with van der Waals surface area (Å²) in [4.78, 5) is 53.4. The third-order valence-corrected chi connectivity index (χ3v) is 4.99. The minimum Gasteiger partial charge on any atom is -0.497 e.